The number of benzene rings is 2. The summed E-state index contributed by atoms with van der Waals surface area (Å²) >= 11 is 11.9. The lowest BCUT2D eigenvalue weighted by Crippen LogP contribution is -2.30. The van der Waals surface area contributed by atoms with Crippen LogP contribution in [0.1, 0.15) is 16.7 Å². The normalized spacial score (nSPS) is 11.2. The summed E-state index contributed by atoms with van der Waals surface area (Å²) in [5, 5.41) is 4.47. The number of nitrogens with one attached hydrogen (secondary N) is 1. The molecule has 146 valence electrons. The van der Waals surface area contributed by atoms with Crippen LogP contribution in [0.15, 0.2) is 45.6 Å². The van der Waals surface area contributed by atoms with Crippen molar-refractivity contribution < 1.29 is 9.21 Å². The Morgan fingerprint density at radius 3 is 2.50 bits per heavy atom. The van der Waals surface area contributed by atoms with E-state index in [9.17, 15) is 9.59 Å². The summed E-state index contributed by atoms with van der Waals surface area (Å²) in [6, 6.07) is 10.3. The quantitative estimate of drug-likeness (QED) is 0.605. The highest BCUT2D eigenvalue weighted by Gasteiger charge is 2.13. The van der Waals surface area contributed by atoms with E-state index < -0.39 is 5.63 Å². The van der Waals surface area contributed by atoms with Crippen LogP contribution in [0.5, 0.6) is 0 Å². The second-order valence-electron chi connectivity index (χ2n) is 6.87. The van der Waals surface area contributed by atoms with Gasteiger partial charge in [0.1, 0.15) is 5.58 Å². The van der Waals surface area contributed by atoms with Crippen molar-refractivity contribution in [1.29, 1.82) is 0 Å². The lowest BCUT2D eigenvalue weighted by Gasteiger charge is -2.17. The highest BCUT2D eigenvalue weighted by Crippen LogP contribution is 2.25. The number of anilines is 1. The van der Waals surface area contributed by atoms with Crippen LogP contribution in [0.25, 0.3) is 11.0 Å². The van der Waals surface area contributed by atoms with Crippen molar-refractivity contribution in [3.05, 3.63) is 73.6 Å². The van der Waals surface area contributed by atoms with Crippen molar-refractivity contribution in [2.24, 2.45) is 0 Å². The SMILES string of the molecule is Cc1cc2oc(=O)cc(CN(C)CC(=O)Nc3ccc(Cl)c(Cl)c3)c2cc1C. The summed E-state index contributed by atoms with van der Waals surface area (Å²) in [5.74, 6) is -0.194. The van der Waals surface area contributed by atoms with Crippen molar-refractivity contribution in [3.8, 4) is 0 Å². The molecule has 2 aromatic carbocycles. The topological polar surface area (TPSA) is 62.6 Å². The molecule has 0 saturated carbocycles. The lowest BCUT2D eigenvalue weighted by atomic mass is 10.0. The Hall–Kier alpha value is -2.34. The molecule has 0 unspecified atom stereocenters. The van der Waals surface area contributed by atoms with Gasteiger partial charge in [-0.1, -0.05) is 23.2 Å². The van der Waals surface area contributed by atoms with Gasteiger partial charge in [0, 0.05) is 23.7 Å². The van der Waals surface area contributed by atoms with Gasteiger partial charge in [-0.3, -0.25) is 9.69 Å². The van der Waals surface area contributed by atoms with Gasteiger partial charge in [0.05, 0.1) is 16.6 Å². The molecule has 0 atom stereocenters. The number of amides is 1. The number of halogens is 2. The minimum atomic E-state index is -0.403. The summed E-state index contributed by atoms with van der Waals surface area (Å²) in [6.07, 6.45) is 0. The molecule has 28 heavy (non-hydrogen) atoms. The van der Waals surface area contributed by atoms with Crippen molar-refractivity contribution in [1.82, 2.24) is 4.90 Å². The maximum atomic E-state index is 12.3. The van der Waals surface area contributed by atoms with Crippen LogP contribution in [0.4, 0.5) is 5.69 Å². The first kappa shape index (κ1) is 20.4. The molecule has 1 heterocycles. The highest BCUT2D eigenvalue weighted by atomic mass is 35.5. The zero-order valence-electron chi connectivity index (χ0n) is 15.8. The van der Waals surface area contributed by atoms with Crippen LogP contribution in [0.3, 0.4) is 0 Å². The second kappa shape index (κ2) is 8.35. The first-order valence-electron chi connectivity index (χ1n) is 8.70. The molecule has 0 saturated heterocycles. The van der Waals surface area contributed by atoms with Gasteiger partial charge >= 0.3 is 5.63 Å². The molecule has 1 N–H and O–H groups in total. The van der Waals surface area contributed by atoms with Gasteiger partial charge in [-0.25, -0.2) is 4.79 Å². The number of nitrogens with zero attached hydrogens (tertiary/aromatic N) is 1. The van der Waals surface area contributed by atoms with E-state index in [1.54, 1.807) is 18.2 Å². The van der Waals surface area contributed by atoms with Gasteiger partial charge in [0.25, 0.3) is 0 Å². The number of aryl methyl sites for hydroxylation is 2. The van der Waals surface area contributed by atoms with Gasteiger partial charge in [-0.15, -0.1) is 0 Å². The van der Waals surface area contributed by atoms with Gasteiger partial charge in [-0.2, -0.15) is 0 Å². The molecule has 0 aliphatic rings. The number of hydrogen-bond donors (Lipinski definition) is 1. The Bertz CT molecular complexity index is 1110. The average molecular weight is 419 g/mol. The van der Waals surface area contributed by atoms with E-state index in [2.05, 4.69) is 5.32 Å². The third-order valence-electron chi connectivity index (χ3n) is 4.50. The standard InChI is InChI=1S/C21H20Cl2N2O3/c1-12-6-16-14(8-21(27)28-19(16)7-13(12)2)10-25(3)11-20(26)24-15-4-5-17(22)18(23)9-15/h4-9H,10-11H2,1-3H3,(H,24,26). The number of fused-ring (bicyclic) bond motifs is 1. The fourth-order valence-corrected chi connectivity index (χ4v) is 3.28. The van der Waals surface area contributed by atoms with Gasteiger partial charge in [0.15, 0.2) is 0 Å². The molecule has 0 aliphatic heterocycles. The predicted octanol–water partition coefficient (Wildman–Crippen LogP) is 4.79. The average Bonchev–Trinajstić information content (AvgIpc) is 2.59. The number of hydrogen-bond acceptors (Lipinski definition) is 4. The molecule has 3 aromatic rings. The molecule has 0 bridgehead atoms. The van der Waals surface area contributed by atoms with Crippen molar-refractivity contribution in [3.63, 3.8) is 0 Å². The molecule has 1 aromatic heterocycles. The molecule has 7 heteroatoms. The maximum absolute atomic E-state index is 12.3. The summed E-state index contributed by atoms with van der Waals surface area (Å²) < 4.78 is 5.32. The first-order valence-corrected chi connectivity index (χ1v) is 9.46. The fraction of sp³-hybridized carbons (Fsp3) is 0.238. The number of carbonyl (C=O) groups excluding carboxylic acids is 1. The molecule has 3 rings (SSSR count). The Kier molecular flexibility index (Phi) is 6.08. The molecular formula is C21H20Cl2N2O3. The van der Waals surface area contributed by atoms with E-state index in [-0.39, 0.29) is 12.5 Å². The van der Waals surface area contributed by atoms with Gasteiger partial charge < -0.3 is 9.73 Å². The smallest absolute Gasteiger partial charge is 0.336 e. The molecule has 1 amide bonds. The van der Waals surface area contributed by atoms with Crippen LogP contribution in [-0.2, 0) is 11.3 Å². The van der Waals surface area contributed by atoms with Crippen molar-refractivity contribution in [2.45, 2.75) is 20.4 Å². The predicted molar refractivity (Wildman–Crippen MR) is 113 cm³/mol. The zero-order valence-corrected chi connectivity index (χ0v) is 17.3. The Morgan fingerprint density at radius 2 is 1.79 bits per heavy atom. The van der Waals surface area contributed by atoms with E-state index in [0.29, 0.717) is 27.9 Å². The van der Waals surface area contributed by atoms with Crippen LogP contribution >= 0.6 is 23.2 Å². The maximum Gasteiger partial charge on any atom is 0.336 e. The molecule has 0 spiro atoms. The molecular weight excluding hydrogens is 399 g/mol. The van der Waals surface area contributed by atoms with Gasteiger partial charge in [0.2, 0.25) is 5.91 Å². The summed E-state index contributed by atoms with van der Waals surface area (Å²) in [6.45, 7) is 4.56. The minimum Gasteiger partial charge on any atom is -0.423 e. The second-order valence-corrected chi connectivity index (χ2v) is 7.69. The van der Waals surface area contributed by atoms with Gasteiger partial charge in [-0.05, 0) is 67.9 Å². The monoisotopic (exact) mass is 418 g/mol. The summed E-state index contributed by atoms with van der Waals surface area (Å²) in [4.78, 5) is 26.1. The van der Waals surface area contributed by atoms with E-state index in [1.165, 1.54) is 6.07 Å². The Balaban J connectivity index is 1.74. The lowest BCUT2D eigenvalue weighted by molar-refractivity contribution is -0.117. The Labute approximate surface area is 172 Å². The van der Waals surface area contributed by atoms with E-state index in [0.717, 1.165) is 22.1 Å². The van der Waals surface area contributed by atoms with E-state index >= 15 is 0 Å². The Morgan fingerprint density at radius 1 is 1.07 bits per heavy atom. The zero-order chi connectivity index (χ0) is 20.4. The molecule has 0 fully saturated rings. The van der Waals surface area contributed by atoms with Crippen LogP contribution in [0, 0.1) is 13.8 Å². The molecule has 0 radical (unpaired) electrons. The third-order valence-corrected chi connectivity index (χ3v) is 5.24. The van der Waals surface area contributed by atoms with Crippen molar-refractivity contribution in [2.75, 3.05) is 18.9 Å². The van der Waals surface area contributed by atoms with Crippen LogP contribution in [0.2, 0.25) is 10.0 Å². The third kappa shape index (κ3) is 4.73. The molecule has 5 nitrogen and oxygen atoms in total. The fourth-order valence-electron chi connectivity index (χ4n) is 2.98. The number of carbonyl (C=O) groups is 1. The van der Waals surface area contributed by atoms with E-state index in [4.69, 9.17) is 27.6 Å². The number of likely N-dealkylation sites (N-methyl/N-ethyl adjacent to an activating group) is 1. The van der Waals surface area contributed by atoms with Crippen LogP contribution < -0.4 is 10.9 Å². The number of rotatable bonds is 5. The van der Waals surface area contributed by atoms with Crippen LogP contribution in [-0.4, -0.2) is 24.4 Å². The summed E-state index contributed by atoms with van der Waals surface area (Å²) in [5.41, 5.74) is 3.72. The molecule has 0 aliphatic carbocycles. The van der Waals surface area contributed by atoms with Crippen molar-refractivity contribution >= 4 is 45.8 Å². The highest BCUT2D eigenvalue weighted by molar-refractivity contribution is 6.42. The minimum absolute atomic E-state index is 0.146. The van der Waals surface area contributed by atoms with E-state index in [1.807, 2.05) is 37.9 Å². The summed E-state index contributed by atoms with van der Waals surface area (Å²) in [7, 11) is 1.82. The first-order chi connectivity index (χ1) is 13.2. The largest absolute Gasteiger partial charge is 0.423 e.